The second-order valence-corrected chi connectivity index (χ2v) is 8.70. The SMILES string of the molecule is O=c1ccn(C2OC(CO)C(OP(OCc3ccccc3)OCc3ccccc3)C2F)c(=O)[nH]1. The van der Waals surface area contributed by atoms with E-state index in [2.05, 4.69) is 4.98 Å². The third-order valence-electron chi connectivity index (χ3n) is 5.14. The smallest absolute Gasteiger partial charge is 0.333 e. The molecule has 1 aromatic heterocycles. The molecule has 2 N–H and O–H groups in total. The number of alkyl halides is 1. The van der Waals surface area contributed by atoms with Crippen LogP contribution in [0.25, 0.3) is 0 Å². The molecule has 4 atom stereocenters. The lowest BCUT2D eigenvalue weighted by molar-refractivity contribution is -0.0486. The Balaban J connectivity index is 1.50. The van der Waals surface area contributed by atoms with Crippen molar-refractivity contribution >= 4 is 8.60 Å². The number of rotatable bonds is 10. The van der Waals surface area contributed by atoms with Crippen LogP contribution in [-0.4, -0.2) is 39.6 Å². The highest BCUT2D eigenvalue weighted by molar-refractivity contribution is 7.41. The van der Waals surface area contributed by atoms with Gasteiger partial charge in [-0.2, -0.15) is 0 Å². The van der Waals surface area contributed by atoms with Gasteiger partial charge in [-0.15, -0.1) is 0 Å². The lowest BCUT2D eigenvalue weighted by Gasteiger charge is -2.24. The van der Waals surface area contributed by atoms with Crippen molar-refractivity contribution in [1.82, 2.24) is 9.55 Å². The largest absolute Gasteiger partial charge is 0.394 e. The predicted molar refractivity (Wildman–Crippen MR) is 121 cm³/mol. The van der Waals surface area contributed by atoms with Crippen LogP contribution >= 0.6 is 8.60 Å². The van der Waals surface area contributed by atoms with Crippen molar-refractivity contribution < 1.29 is 27.8 Å². The number of benzene rings is 2. The van der Waals surface area contributed by atoms with Gasteiger partial charge in [-0.1, -0.05) is 60.7 Å². The van der Waals surface area contributed by atoms with Gasteiger partial charge in [0.2, 0.25) is 0 Å². The summed E-state index contributed by atoms with van der Waals surface area (Å²) < 4.78 is 39.4. The molecule has 3 aromatic rings. The van der Waals surface area contributed by atoms with Gasteiger partial charge in [0.15, 0.2) is 12.4 Å². The van der Waals surface area contributed by atoms with Gasteiger partial charge in [-0.05, 0) is 11.1 Å². The van der Waals surface area contributed by atoms with Crippen molar-refractivity contribution in [2.75, 3.05) is 6.61 Å². The Morgan fingerprint density at radius 3 is 2.09 bits per heavy atom. The quantitative estimate of drug-likeness (QED) is 0.421. The molecule has 4 rings (SSSR count). The zero-order valence-corrected chi connectivity index (χ0v) is 18.9. The molecule has 0 saturated carbocycles. The number of aromatic amines is 1. The van der Waals surface area contributed by atoms with Crippen LogP contribution in [0.4, 0.5) is 4.39 Å². The molecule has 11 heteroatoms. The van der Waals surface area contributed by atoms with Gasteiger partial charge < -0.3 is 23.4 Å². The Morgan fingerprint density at radius 2 is 1.56 bits per heavy atom. The number of halogens is 1. The molecule has 9 nitrogen and oxygen atoms in total. The first-order valence-corrected chi connectivity index (χ1v) is 11.7. The van der Waals surface area contributed by atoms with Crippen LogP contribution in [0, 0.1) is 0 Å². The standard InChI is InChI=1S/C23H24FN2O7P/c24-20-21(18(13-27)32-22(20)26-12-11-19(28)25-23(26)29)33-34(30-14-16-7-3-1-4-8-16)31-15-17-9-5-2-6-10-17/h1-12,18,20-22,27H,13-15H2,(H,25,28,29). The van der Waals surface area contributed by atoms with Crippen LogP contribution < -0.4 is 11.2 Å². The Morgan fingerprint density at radius 1 is 0.971 bits per heavy atom. The highest BCUT2D eigenvalue weighted by atomic mass is 31.2. The molecule has 0 spiro atoms. The van der Waals surface area contributed by atoms with Gasteiger partial charge >= 0.3 is 14.3 Å². The first-order valence-electron chi connectivity index (χ1n) is 10.6. The summed E-state index contributed by atoms with van der Waals surface area (Å²) in [4.78, 5) is 25.5. The van der Waals surface area contributed by atoms with Crippen molar-refractivity contribution in [3.8, 4) is 0 Å². The van der Waals surface area contributed by atoms with Crippen molar-refractivity contribution in [3.63, 3.8) is 0 Å². The molecular weight excluding hydrogens is 466 g/mol. The zero-order chi connectivity index (χ0) is 23.9. The van der Waals surface area contributed by atoms with Crippen LogP contribution in [0.2, 0.25) is 0 Å². The number of nitrogens with zero attached hydrogens (tertiary/aromatic N) is 1. The summed E-state index contributed by atoms with van der Waals surface area (Å²) in [6, 6.07) is 19.8. The highest BCUT2D eigenvalue weighted by Gasteiger charge is 2.48. The molecule has 0 aliphatic carbocycles. The average Bonchev–Trinajstić information content (AvgIpc) is 3.17. The van der Waals surface area contributed by atoms with Crippen LogP contribution in [-0.2, 0) is 31.5 Å². The molecule has 1 aliphatic heterocycles. The lowest BCUT2D eigenvalue weighted by Crippen LogP contribution is -2.36. The second kappa shape index (κ2) is 11.6. The van der Waals surface area contributed by atoms with E-state index in [1.807, 2.05) is 60.7 Å². The van der Waals surface area contributed by atoms with Gasteiger partial charge in [0.05, 0.1) is 19.8 Å². The maximum Gasteiger partial charge on any atom is 0.333 e. The van der Waals surface area contributed by atoms with Gasteiger partial charge in [0, 0.05) is 12.3 Å². The summed E-state index contributed by atoms with van der Waals surface area (Å²) in [5.74, 6) is 0. The summed E-state index contributed by atoms with van der Waals surface area (Å²) >= 11 is 0. The monoisotopic (exact) mass is 490 g/mol. The molecule has 34 heavy (non-hydrogen) atoms. The van der Waals surface area contributed by atoms with Crippen LogP contribution in [0.15, 0.2) is 82.5 Å². The first-order chi connectivity index (χ1) is 16.5. The van der Waals surface area contributed by atoms with Crippen LogP contribution in [0.3, 0.4) is 0 Å². The Hall–Kier alpha value is -2.72. The van der Waals surface area contributed by atoms with E-state index in [1.54, 1.807) is 0 Å². The molecule has 0 radical (unpaired) electrons. The number of H-pyrrole nitrogens is 1. The van der Waals surface area contributed by atoms with Crippen LogP contribution in [0.1, 0.15) is 17.4 Å². The fourth-order valence-corrected chi connectivity index (χ4v) is 4.57. The van der Waals surface area contributed by atoms with Crippen LogP contribution in [0.5, 0.6) is 0 Å². The summed E-state index contributed by atoms with van der Waals surface area (Å²) in [7, 11) is -2.06. The lowest BCUT2D eigenvalue weighted by atomic mass is 10.1. The van der Waals surface area contributed by atoms with Gasteiger partial charge in [0.25, 0.3) is 5.56 Å². The third kappa shape index (κ3) is 6.04. The van der Waals surface area contributed by atoms with Gasteiger partial charge in [-0.25, -0.2) is 9.18 Å². The van der Waals surface area contributed by atoms with E-state index in [0.29, 0.717) is 0 Å². The highest BCUT2D eigenvalue weighted by Crippen LogP contribution is 2.47. The molecular formula is C23H24FN2O7P. The van der Waals surface area contributed by atoms with Crippen molar-refractivity contribution in [3.05, 3.63) is 105 Å². The average molecular weight is 490 g/mol. The van der Waals surface area contributed by atoms with E-state index in [0.717, 1.165) is 28.0 Å². The fourth-order valence-electron chi connectivity index (χ4n) is 3.42. The second-order valence-electron chi connectivity index (χ2n) is 7.52. The Kier molecular flexibility index (Phi) is 8.34. The van der Waals surface area contributed by atoms with Crippen molar-refractivity contribution in [2.45, 2.75) is 37.8 Å². The van der Waals surface area contributed by atoms with E-state index < -0.39 is 51.1 Å². The van der Waals surface area contributed by atoms with E-state index in [4.69, 9.17) is 18.3 Å². The number of hydrogen-bond acceptors (Lipinski definition) is 7. The third-order valence-corrected chi connectivity index (χ3v) is 6.23. The number of aromatic nitrogens is 2. The molecule has 0 amide bonds. The molecule has 2 aromatic carbocycles. The van der Waals surface area contributed by atoms with Gasteiger partial charge in [0.1, 0.15) is 12.2 Å². The number of aliphatic hydroxyl groups is 1. The maximum absolute atomic E-state index is 15.4. The topological polar surface area (TPSA) is 112 Å². The van der Waals surface area contributed by atoms with Gasteiger partial charge in [-0.3, -0.25) is 14.3 Å². The van der Waals surface area contributed by atoms with Crippen molar-refractivity contribution in [2.24, 2.45) is 0 Å². The molecule has 180 valence electrons. The maximum atomic E-state index is 15.4. The minimum atomic E-state index is -2.06. The molecule has 0 bridgehead atoms. The van der Waals surface area contributed by atoms with E-state index >= 15 is 4.39 Å². The van der Waals surface area contributed by atoms with E-state index in [9.17, 15) is 14.7 Å². The number of nitrogens with one attached hydrogen (secondary N) is 1. The minimum Gasteiger partial charge on any atom is -0.394 e. The predicted octanol–water partition coefficient (Wildman–Crippen LogP) is 2.81. The molecule has 4 unspecified atom stereocenters. The molecule has 2 heterocycles. The first kappa shape index (κ1) is 24.4. The zero-order valence-electron chi connectivity index (χ0n) is 18.0. The summed E-state index contributed by atoms with van der Waals surface area (Å²) in [6.07, 6.45) is -4.45. The van der Waals surface area contributed by atoms with Crippen molar-refractivity contribution in [1.29, 1.82) is 0 Å². The Labute approximate surface area is 195 Å². The fraction of sp³-hybridized carbons (Fsp3) is 0.304. The minimum absolute atomic E-state index is 0.165. The van der Waals surface area contributed by atoms with E-state index in [-0.39, 0.29) is 13.2 Å². The Bertz CT molecular complexity index is 1120. The summed E-state index contributed by atoms with van der Waals surface area (Å²) in [6.45, 7) is -0.225. The number of aliphatic hydroxyl groups excluding tert-OH is 1. The van der Waals surface area contributed by atoms with E-state index in [1.165, 1.54) is 0 Å². The summed E-state index contributed by atoms with van der Waals surface area (Å²) in [5, 5.41) is 9.77. The summed E-state index contributed by atoms with van der Waals surface area (Å²) in [5.41, 5.74) is 0.296. The molecule has 1 saturated heterocycles. The molecule has 1 fully saturated rings. The normalized spacial score (nSPS) is 22.3. The number of hydrogen-bond donors (Lipinski definition) is 2. The number of ether oxygens (including phenoxy) is 1. The molecule has 1 aliphatic rings.